The van der Waals surface area contributed by atoms with Gasteiger partial charge in [-0.3, -0.25) is 0 Å². The first-order valence-corrected chi connectivity index (χ1v) is 10.4. The van der Waals surface area contributed by atoms with E-state index < -0.39 is 5.79 Å². The summed E-state index contributed by atoms with van der Waals surface area (Å²) >= 11 is 0. The molecule has 0 atom stereocenters. The van der Waals surface area contributed by atoms with Gasteiger partial charge in [-0.05, 0) is 53.2 Å². The molecule has 0 aliphatic rings. The molecule has 3 aromatic rings. The fraction of sp³-hybridized carbons (Fsp3) is 0.273. The van der Waals surface area contributed by atoms with Gasteiger partial charge in [-0.15, -0.1) is 0 Å². The molecule has 0 heterocycles. The summed E-state index contributed by atoms with van der Waals surface area (Å²) in [6.07, 6.45) is 4.43. The minimum Gasteiger partial charge on any atom is -0.497 e. The van der Waals surface area contributed by atoms with E-state index in [1.807, 2.05) is 18.2 Å². The smallest absolute Gasteiger partial charge is 0.221 e. The topological polar surface area (TPSA) is 27.7 Å². The third kappa shape index (κ3) is 3.32. The normalized spacial score (nSPS) is 11.9. The van der Waals surface area contributed by atoms with E-state index in [1.54, 1.807) is 21.3 Å². The van der Waals surface area contributed by atoms with E-state index in [2.05, 4.69) is 55.0 Å². The second-order valence-corrected chi connectivity index (χ2v) is 8.40. The van der Waals surface area contributed by atoms with Crippen LogP contribution in [0.15, 0.2) is 65.6 Å². The van der Waals surface area contributed by atoms with Crippen LogP contribution in [0.4, 0.5) is 0 Å². The number of ether oxygens (including phenoxy) is 3. The lowest BCUT2D eigenvalue weighted by Crippen LogP contribution is -2.32. The minimum atomic E-state index is -0.938. The highest BCUT2D eigenvalue weighted by atomic mass is 32.2. The molecule has 0 unspecified atom stereocenters. The van der Waals surface area contributed by atoms with Crippen molar-refractivity contribution in [1.82, 2.24) is 0 Å². The molecule has 0 aromatic heterocycles. The van der Waals surface area contributed by atoms with Crippen molar-refractivity contribution in [2.45, 2.75) is 10.7 Å². The van der Waals surface area contributed by atoms with Gasteiger partial charge >= 0.3 is 0 Å². The molecule has 0 radical (unpaired) electrons. The molecule has 0 saturated heterocycles. The fourth-order valence-electron chi connectivity index (χ4n) is 3.22. The molecular formula is C22H25O3S+. The summed E-state index contributed by atoms with van der Waals surface area (Å²) in [6, 6.07) is 20.8. The molecule has 3 rings (SSSR count). The highest BCUT2D eigenvalue weighted by molar-refractivity contribution is 7.95. The van der Waals surface area contributed by atoms with E-state index >= 15 is 0 Å². The van der Waals surface area contributed by atoms with Crippen LogP contribution in [0.25, 0.3) is 10.8 Å². The lowest BCUT2D eigenvalue weighted by Gasteiger charge is -2.32. The van der Waals surface area contributed by atoms with Gasteiger partial charge in [-0.1, -0.05) is 18.2 Å². The molecule has 0 N–H and O–H groups in total. The van der Waals surface area contributed by atoms with Crippen LogP contribution in [0, 0.1) is 0 Å². The molecule has 0 fully saturated rings. The molecule has 4 heteroatoms. The van der Waals surface area contributed by atoms with Gasteiger partial charge in [0.2, 0.25) is 5.79 Å². The van der Waals surface area contributed by atoms with Gasteiger partial charge in [0, 0.05) is 36.2 Å². The van der Waals surface area contributed by atoms with E-state index in [-0.39, 0.29) is 10.9 Å². The zero-order chi connectivity index (χ0) is 18.7. The predicted octanol–water partition coefficient (Wildman–Crippen LogP) is 4.58. The highest BCUT2D eigenvalue weighted by Gasteiger charge is 2.35. The Hall–Kier alpha value is -2.01. The number of fused-ring (bicyclic) bond motifs is 1. The summed E-state index contributed by atoms with van der Waals surface area (Å²) in [6.45, 7) is 0. The summed E-state index contributed by atoms with van der Waals surface area (Å²) < 4.78 is 17.1. The van der Waals surface area contributed by atoms with Gasteiger partial charge in [0.25, 0.3) is 0 Å². The summed E-state index contributed by atoms with van der Waals surface area (Å²) in [5.74, 6) is -0.0904. The number of methoxy groups -OCH3 is 3. The summed E-state index contributed by atoms with van der Waals surface area (Å²) in [5, 5.41) is 2.23. The summed E-state index contributed by atoms with van der Waals surface area (Å²) in [5.41, 5.74) is 1.93. The molecular weight excluding hydrogens is 344 g/mol. The average molecular weight is 370 g/mol. The Morgan fingerprint density at radius 1 is 0.692 bits per heavy atom. The van der Waals surface area contributed by atoms with Gasteiger partial charge < -0.3 is 14.2 Å². The average Bonchev–Trinajstić information content (AvgIpc) is 2.69. The Bertz CT molecular complexity index is 884. The molecule has 136 valence electrons. The Balaban J connectivity index is 2.10. The van der Waals surface area contributed by atoms with E-state index in [0.717, 1.165) is 27.6 Å². The standard InChI is InChI=1S/C22H25O3S/c1-23-20-11-7-16-14-19(8-6-17(16)15-20)22(24-2,25-3)18-9-12-21(13-10-18)26(4)5/h6-15H,1-5H3/q+1. The lowest BCUT2D eigenvalue weighted by atomic mass is 9.94. The predicted molar refractivity (Wildman–Crippen MR) is 109 cm³/mol. The quantitative estimate of drug-likeness (QED) is 0.470. The monoisotopic (exact) mass is 369 g/mol. The van der Waals surface area contributed by atoms with Crippen molar-refractivity contribution in [3.8, 4) is 5.75 Å². The van der Waals surface area contributed by atoms with Gasteiger partial charge in [0.05, 0.1) is 7.11 Å². The minimum absolute atomic E-state index is 0.222. The van der Waals surface area contributed by atoms with Crippen LogP contribution in [0.3, 0.4) is 0 Å². The summed E-state index contributed by atoms with van der Waals surface area (Å²) in [4.78, 5) is 1.32. The largest absolute Gasteiger partial charge is 0.497 e. The zero-order valence-electron chi connectivity index (χ0n) is 15.9. The molecule has 0 spiro atoms. The van der Waals surface area contributed by atoms with E-state index in [4.69, 9.17) is 14.2 Å². The van der Waals surface area contributed by atoms with Crippen LogP contribution in [0.2, 0.25) is 0 Å². The van der Waals surface area contributed by atoms with Gasteiger partial charge in [-0.2, -0.15) is 0 Å². The van der Waals surface area contributed by atoms with Crippen molar-refractivity contribution in [2.24, 2.45) is 0 Å². The SMILES string of the molecule is COc1ccc2cc(C(OC)(OC)c3ccc([S+](C)C)cc3)ccc2c1. The molecule has 0 saturated carbocycles. The van der Waals surface area contributed by atoms with E-state index in [9.17, 15) is 0 Å². The molecule has 0 aliphatic heterocycles. The van der Waals surface area contributed by atoms with Crippen molar-refractivity contribution in [3.63, 3.8) is 0 Å². The van der Waals surface area contributed by atoms with Gasteiger partial charge in [0.15, 0.2) is 4.90 Å². The number of hydrogen-bond acceptors (Lipinski definition) is 3. The Kier molecular flexibility index (Phi) is 5.56. The molecule has 0 bridgehead atoms. The third-order valence-electron chi connectivity index (χ3n) is 4.71. The molecule has 0 aliphatic carbocycles. The van der Waals surface area contributed by atoms with Crippen LogP contribution < -0.4 is 4.74 Å². The van der Waals surface area contributed by atoms with Crippen LogP contribution in [-0.2, 0) is 26.2 Å². The van der Waals surface area contributed by atoms with Gasteiger partial charge in [0.1, 0.15) is 18.3 Å². The highest BCUT2D eigenvalue weighted by Crippen LogP contribution is 2.36. The molecule has 0 amide bonds. The van der Waals surface area contributed by atoms with Crippen molar-refractivity contribution in [2.75, 3.05) is 33.8 Å². The molecule has 3 aromatic carbocycles. The first-order valence-electron chi connectivity index (χ1n) is 8.41. The van der Waals surface area contributed by atoms with Crippen LogP contribution in [0.1, 0.15) is 11.1 Å². The van der Waals surface area contributed by atoms with Crippen molar-refractivity contribution >= 4 is 21.7 Å². The first-order chi connectivity index (χ1) is 12.5. The second kappa shape index (κ2) is 7.70. The first kappa shape index (κ1) is 18.8. The van der Waals surface area contributed by atoms with E-state index in [1.165, 1.54) is 4.90 Å². The van der Waals surface area contributed by atoms with Gasteiger partial charge in [-0.25, -0.2) is 0 Å². The van der Waals surface area contributed by atoms with Crippen molar-refractivity contribution < 1.29 is 14.2 Å². The second-order valence-electron chi connectivity index (χ2n) is 6.29. The maximum Gasteiger partial charge on any atom is 0.221 e. The Morgan fingerprint density at radius 3 is 1.85 bits per heavy atom. The number of hydrogen-bond donors (Lipinski definition) is 0. The molecule has 26 heavy (non-hydrogen) atoms. The maximum absolute atomic E-state index is 5.91. The fourth-order valence-corrected chi connectivity index (χ4v) is 3.90. The zero-order valence-corrected chi connectivity index (χ0v) is 16.7. The Morgan fingerprint density at radius 2 is 1.27 bits per heavy atom. The number of rotatable bonds is 6. The third-order valence-corrected chi connectivity index (χ3v) is 5.92. The number of benzene rings is 3. The van der Waals surface area contributed by atoms with Crippen molar-refractivity contribution in [1.29, 1.82) is 0 Å². The van der Waals surface area contributed by atoms with Crippen LogP contribution >= 0.6 is 0 Å². The van der Waals surface area contributed by atoms with Crippen molar-refractivity contribution in [3.05, 3.63) is 71.8 Å². The lowest BCUT2D eigenvalue weighted by molar-refractivity contribution is -0.183. The van der Waals surface area contributed by atoms with E-state index in [0.29, 0.717) is 0 Å². The van der Waals surface area contributed by atoms with Crippen LogP contribution in [0.5, 0.6) is 5.75 Å². The van der Waals surface area contributed by atoms with Crippen LogP contribution in [-0.4, -0.2) is 33.8 Å². The molecule has 3 nitrogen and oxygen atoms in total. The Labute approximate surface area is 158 Å². The summed E-state index contributed by atoms with van der Waals surface area (Å²) in [7, 11) is 5.26. The maximum atomic E-state index is 5.91.